The van der Waals surface area contributed by atoms with Gasteiger partial charge in [-0.2, -0.15) is 0 Å². The molecular formula is C11H17NO4S2. The molecule has 1 aromatic heterocycles. The van der Waals surface area contributed by atoms with Crippen molar-refractivity contribution in [2.75, 3.05) is 6.61 Å². The molecule has 0 bridgehead atoms. The first kappa shape index (κ1) is 14.0. The monoisotopic (exact) mass is 291 g/mol. The highest BCUT2D eigenvalue weighted by atomic mass is 32.2. The summed E-state index contributed by atoms with van der Waals surface area (Å²) >= 11 is 1.30. The molecular weight excluding hydrogens is 274 g/mol. The van der Waals surface area contributed by atoms with E-state index in [0.29, 0.717) is 22.8 Å². The van der Waals surface area contributed by atoms with Gasteiger partial charge in [0, 0.05) is 16.4 Å². The van der Waals surface area contributed by atoms with Crippen LogP contribution >= 0.6 is 11.3 Å². The minimum Gasteiger partial charge on any atom is -0.391 e. The molecule has 1 aliphatic rings. The van der Waals surface area contributed by atoms with Gasteiger partial charge in [-0.05, 0) is 26.3 Å². The molecule has 2 N–H and O–H groups in total. The average molecular weight is 291 g/mol. The fourth-order valence-electron chi connectivity index (χ4n) is 2.02. The molecule has 5 nitrogen and oxygen atoms in total. The number of hydrogen-bond acceptors (Lipinski definition) is 5. The Kier molecular flexibility index (Phi) is 4.08. The number of aryl methyl sites for hydroxylation is 1. The van der Waals surface area contributed by atoms with E-state index >= 15 is 0 Å². The lowest BCUT2D eigenvalue weighted by molar-refractivity contribution is 0.117. The zero-order valence-electron chi connectivity index (χ0n) is 10.3. The Morgan fingerprint density at radius 3 is 2.83 bits per heavy atom. The molecule has 2 atom stereocenters. The van der Waals surface area contributed by atoms with E-state index in [9.17, 15) is 8.42 Å². The molecule has 1 saturated heterocycles. The molecule has 7 heteroatoms. The number of thiophene rings is 1. The minimum absolute atomic E-state index is 0.101. The van der Waals surface area contributed by atoms with E-state index in [1.54, 1.807) is 6.92 Å². The van der Waals surface area contributed by atoms with Gasteiger partial charge in [0.05, 0.1) is 23.6 Å². The van der Waals surface area contributed by atoms with Gasteiger partial charge < -0.3 is 9.84 Å². The zero-order chi connectivity index (χ0) is 13.3. The Bertz CT molecular complexity index is 523. The van der Waals surface area contributed by atoms with Crippen molar-refractivity contribution in [1.29, 1.82) is 0 Å². The van der Waals surface area contributed by atoms with Gasteiger partial charge in [0.25, 0.3) is 0 Å². The molecule has 1 aromatic rings. The number of rotatable bonds is 4. The van der Waals surface area contributed by atoms with Gasteiger partial charge in [0.2, 0.25) is 10.0 Å². The summed E-state index contributed by atoms with van der Waals surface area (Å²) in [5, 5.41) is 9.04. The first-order valence-corrected chi connectivity index (χ1v) is 8.08. The van der Waals surface area contributed by atoms with Crippen molar-refractivity contribution in [3.63, 3.8) is 0 Å². The van der Waals surface area contributed by atoms with Crippen molar-refractivity contribution < 1.29 is 18.3 Å². The van der Waals surface area contributed by atoms with E-state index in [0.717, 1.165) is 0 Å². The SMILES string of the molecule is Cc1sc(CO)cc1S(=O)(=O)NC1CCOC1C. The molecule has 1 aliphatic heterocycles. The highest BCUT2D eigenvalue weighted by Crippen LogP contribution is 2.26. The Balaban J connectivity index is 2.22. The second kappa shape index (κ2) is 5.26. The van der Waals surface area contributed by atoms with Crippen LogP contribution in [0.4, 0.5) is 0 Å². The average Bonchev–Trinajstić information content (AvgIpc) is 2.86. The molecule has 102 valence electrons. The Hall–Kier alpha value is -0.470. The summed E-state index contributed by atoms with van der Waals surface area (Å²) in [5.74, 6) is 0. The van der Waals surface area contributed by atoms with Crippen molar-refractivity contribution in [2.45, 2.75) is 43.9 Å². The van der Waals surface area contributed by atoms with E-state index in [2.05, 4.69) is 4.72 Å². The van der Waals surface area contributed by atoms with Crippen molar-refractivity contribution in [1.82, 2.24) is 4.72 Å². The lowest BCUT2D eigenvalue weighted by atomic mass is 10.2. The maximum Gasteiger partial charge on any atom is 0.242 e. The van der Waals surface area contributed by atoms with E-state index in [4.69, 9.17) is 9.84 Å². The summed E-state index contributed by atoms with van der Waals surface area (Å²) in [4.78, 5) is 1.61. The molecule has 2 unspecified atom stereocenters. The van der Waals surface area contributed by atoms with Crippen LogP contribution in [0.1, 0.15) is 23.1 Å². The zero-order valence-corrected chi connectivity index (χ0v) is 12.0. The van der Waals surface area contributed by atoms with Crippen molar-refractivity contribution in [3.05, 3.63) is 15.8 Å². The minimum atomic E-state index is -3.53. The molecule has 0 spiro atoms. The predicted molar refractivity (Wildman–Crippen MR) is 69.1 cm³/mol. The van der Waals surface area contributed by atoms with Crippen LogP contribution in [-0.4, -0.2) is 32.3 Å². The molecule has 18 heavy (non-hydrogen) atoms. The number of aliphatic hydroxyl groups is 1. The van der Waals surface area contributed by atoms with Gasteiger partial charge in [-0.1, -0.05) is 0 Å². The van der Waals surface area contributed by atoms with Crippen LogP contribution in [0.25, 0.3) is 0 Å². The quantitative estimate of drug-likeness (QED) is 0.868. The number of aliphatic hydroxyl groups excluding tert-OH is 1. The normalized spacial score (nSPS) is 24.6. The second-order valence-corrected chi connectivity index (χ2v) is 7.41. The Labute approximate surface area is 111 Å². The molecule has 2 heterocycles. The largest absolute Gasteiger partial charge is 0.391 e. The molecule has 1 fully saturated rings. The van der Waals surface area contributed by atoms with Gasteiger partial charge in [0.15, 0.2) is 0 Å². The standard InChI is InChI=1S/C11H17NO4S2/c1-7-10(3-4-16-7)12-18(14,15)11-5-9(6-13)17-8(11)2/h5,7,10,12-13H,3-4,6H2,1-2H3. The van der Waals surface area contributed by atoms with Crippen LogP contribution in [0.2, 0.25) is 0 Å². The van der Waals surface area contributed by atoms with Crippen LogP contribution < -0.4 is 4.72 Å². The van der Waals surface area contributed by atoms with E-state index in [1.807, 2.05) is 6.92 Å². The third-order valence-electron chi connectivity index (χ3n) is 3.05. The predicted octanol–water partition coefficient (Wildman–Crippen LogP) is 1.00. The van der Waals surface area contributed by atoms with Gasteiger partial charge in [0.1, 0.15) is 0 Å². The number of sulfonamides is 1. The summed E-state index contributed by atoms with van der Waals surface area (Å²) in [7, 11) is -3.53. The van der Waals surface area contributed by atoms with Crippen LogP contribution in [0, 0.1) is 6.92 Å². The van der Waals surface area contributed by atoms with E-state index in [1.165, 1.54) is 17.4 Å². The van der Waals surface area contributed by atoms with Crippen LogP contribution in [-0.2, 0) is 21.4 Å². The maximum atomic E-state index is 12.2. The number of nitrogens with one attached hydrogen (secondary N) is 1. The van der Waals surface area contributed by atoms with Crippen molar-refractivity contribution >= 4 is 21.4 Å². The van der Waals surface area contributed by atoms with Crippen molar-refractivity contribution in [3.8, 4) is 0 Å². The Morgan fingerprint density at radius 1 is 1.61 bits per heavy atom. The van der Waals surface area contributed by atoms with Gasteiger partial charge in [-0.25, -0.2) is 13.1 Å². The third-order valence-corrected chi connectivity index (χ3v) is 5.83. The van der Waals surface area contributed by atoms with E-state index < -0.39 is 10.0 Å². The number of hydrogen-bond donors (Lipinski definition) is 2. The topological polar surface area (TPSA) is 75.6 Å². The summed E-state index contributed by atoms with van der Waals surface area (Å²) < 4.78 is 32.5. The summed E-state index contributed by atoms with van der Waals surface area (Å²) in [6.07, 6.45) is 0.590. The Morgan fingerprint density at radius 2 is 2.33 bits per heavy atom. The smallest absolute Gasteiger partial charge is 0.242 e. The first-order chi connectivity index (χ1) is 8.44. The lowest BCUT2D eigenvalue weighted by Gasteiger charge is -2.15. The molecule has 0 aliphatic carbocycles. The van der Waals surface area contributed by atoms with Crippen LogP contribution in [0.3, 0.4) is 0 Å². The molecule has 0 saturated carbocycles. The highest BCUT2D eigenvalue weighted by molar-refractivity contribution is 7.89. The molecule has 0 radical (unpaired) electrons. The molecule has 2 rings (SSSR count). The molecule has 0 amide bonds. The van der Waals surface area contributed by atoms with Crippen LogP contribution in [0.5, 0.6) is 0 Å². The first-order valence-electron chi connectivity index (χ1n) is 5.78. The molecule has 0 aromatic carbocycles. The van der Waals surface area contributed by atoms with Crippen molar-refractivity contribution in [2.24, 2.45) is 0 Å². The van der Waals surface area contributed by atoms with E-state index in [-0.39, 0.29) is 23.6 Å². The third kappa shape index (κ3) is 2.75. The van der Waals surface area contributed by atoms with Gasteiger partial charge >= 0.3 is 0 Å². The summed E-state index contributed by atoms with van der Waals surface area (Å²) in [6, 6.07) is 1.36. The highest BCUT2D eigenvalue weighted by Gasteiger charge is 2.30. The number of ether oxygens (including phenoxy) is 1. The van der Waals surface area contributed by atoms with Crippen LogP contribution in [0.15, 0.2) is 11.0 Å². The maximum absolute atomic E-state index is 12.2. The summed E-state index contributed by atoms with van der Waals surface area (Å²) in [5.41, 5.74) is 0. The second-order valence-electron chi connectivity index (χ2n) is 4.38. The fourth-order valence-corrected chi connectivity index (χ4v) is 4.85. The summed E-state index contributed by atoms with van der Waals surface area (Å²) in [6.45, 7) is 4.05. The van der Waals surface area contributed by atoms with Gasteiger partial charge in [-0.3, -0.25) is 0 Å². The fraction of sp³-hybridized carbons (Fsp3) is 0.636. The van der Waals surface area contributed by atoms with Gasteiger partial charge in [-0.15, -0.1) is 11.3 Å². The lowest BCUT2D eigenvalue weighted by Crippen LogP contribution is -2.39.